The van der Waals surface area contributed by atoms with E-state index >= 15 is 0 Å². The van der Waals surface area contributed by atoms with Crippen LogP contribution >= 0.6 is 15.9 Å². The summed E-state index contributed by atoms with van der Waals surface area (Å²) in [5.41, 5.74) is 0.134. The van der Waals surface area contributed by atoms with E-state index < -0.39 is 41.0 Å². The van der Waals surface area contributed by atoms with Crippen molar-refractivity contribution in [1.82, 2.24) is 0 Å². The van der Waals surface area contributed by atoms with Crippen molar-refractivity contribution >= 4 is 45.6 Å². The number of esters is 3. The molecule has 0 saturated heterocycles. The predicted octanol–water partition coefficient (Wildman–Crippen LogP) is 8.25. The third-order valence-corrected chi connectivity index (χ3v) is 11.2. The van der Waals surface area contributed by atoms with E-state index in [1.54, 1.807) is 71.9 Å². The van der Waals surface area contributed by atoms with Crippen LogP contribution in [-0.4, -0.2) is 57.7 Å². The van der Waals surface area contributed by atoms with Crippen molar-refractivity contribution < 1.29 is 63.0 Å². The Hall–Kier alpha value is -6.25. The number of benzene rings is 4. The normalized spacial score (nSPS) is 14.9. The van der Waals surface area contributed by atoms with E-state index in [0.717, 1.165) is 12.2 Å². The number of phenolic OH excluding ortho intramolecular Hbond substituents is 1. The Morgan fingerprint density at radius 3 is 1.84 bits per heavy atom. The second kappa shape index (κ2) is 16.3. The van der Waals surface area contributed by atoms with Gasteiger partial charge in [-0.25, -0.2) is 19.2 Å². The van der Waals surface area contributed by atoms with Crippen molar-refractivity contribution in [2.24, 2.45) is 0 Å². The van der Waals surface area contributed by atoms with Crippen LogP contribution in [0.4, 0.5) is 0 Å². The summed E-state index contributed by atoms with van der Waals surface area (Å²) in [5.74, 6) is -5.19. The molecule has 4 aromatic rings. The number of carboxylic acid groups (broad SMARTS) is 1. The second-order valence-electron chi connectivity index (χ2n) is 13.9. The standard InChI is InChI=1S/C44H41BrO13/c1-19-16-30(56-42(51)34-24(6)25(7)37(35(45)36(34)47)58-43(52)44(53)20(2)17-28(46)18-31(44)54-10)21(3)22(4)32(19)41(50)57-38-26(8)23(5)33(40(48)49)27(9)39(38)55-29-14-12-11-13-15-29/h11-18,47,53H,1-10H3,(H,48,49)/t44-/m1/s1. The summed E-state index contributed by atoms with van der Waals surface area (Å²) in [6.45, 7) is 14.1. The summed E-state index contributed by atoms with van der Waals surface area (Å²) >= 11 is 3.21. The number of phenols is 1. The summed E-state index contributed by atoms with van der Waals surface area (Å²) in [5, 5.41) is 32.6. The molecule has 0 saturated carbocycles. The lowest BCUT2D eigenvalue weighted by Gasteiger charge is -2.30. The summed E-state index contributed by atoms with van der Waals surface area (Å²) < 4.78 is 28.5. The number of aromatic carboxylic acids is 1. The Labute approximate surface area is 342 Å². The largest absolute Gasteiger partial charge is 0.506 e. The van der Waals surface area contributed by atoms with Crippen LogP contribution in [0.2, 0.25) is 0 Å². The van der Waals surface area contributed by atoms with E-state index in [9.17, 15) is 39.3 Å². The number of hydrogen-bond donors (Lipinski definition) is 3. The predicted molar refractivity (Wildman–Crippen MR) is 214 cm³/mol. The van der Waals surface area contributed by atoms with Gasteiger partial charge in [-0.15, -0.1) is 0 Å². The Kier molecular flexibility index (Phi) is 12.1. The maximum Gasteiger partial charge on any atom is 0.356 e. The number of carboxylic acids is 1. The molecule has 3 N–H and O–H groups in total. The number of carbonyl (C=O) groups is 5. The van der Waals surface area contributed by atoms with Crippen molar-refractivity contribution in [3.63, 3.8) is 0 Å². The third-order valence-electron chi connectivity index (χ3n) is 10.4. The lowest BCUT2D eigenvalue weighted by molar-refractivity contribution is -0.151. The first-order valence-electron chi connectivity index (χ1n) is 17.8. The molecule has 0 bridgehead atoms. The van der Waals surface area contributed by atoms with Gasteiger partial charge in [0.2, 0.25) is 5.60 Å². The monoisotopic (exact) mass is 856 g/mol. The van der Waals surface area contributed by atoms with Gasteiger partial charge in [0.15, 0.2) is 23.0 Å². The molecule has 0 aromatic heterocycles. The minimum absolute atomic E-state index is 0.0269. The van der Waals surface area contributed by atoms with E-state index in [2.05, 4.69) is 15.9 Å². The van der Waals surface area contributed by atoms with Gasteiger partial charge in [-0.1, -0.05) is 18.2 Å². The quantitative estimate of drug-likeness (QED) is 0.102. The third kappa shape index (κ3) is 7.48. The fourth-order valence-electron chi connectivity index (χ4n) is 6.74. The Morgan fingerprint density at radius 1 is 0.672 bits per heavy atom. The Bertz CT molecular complexity index is 2480. The number of para-hydroxylation sites is 1. The van der Waals surface area contributed by atoms with Gasteiger partial charge in [0.25, 0.3) is 0 Å². The highest BCUT2D eigenvalue weighted by Gasteiger charge is 2.48. The van der Waals surface area contributed by atoms with Gasteiger partial charge in [0.1, 0.15) is 33.0 Å². The molecule has 1 aliphatic carbocycles. The van der Waals surface area contributed by atoms with Crippen molar-refractivity contribution in [2.45, 2.75) is 67.9 Å². The molecular formula is C44H41BrO13. The molecule has 0 unspecified atom stereocenters. The number of aryl methyl sites for hydroxylation is 1. The van der Waals surface area contributed by atoms with Crippen LogP contribution in [0.15, 0.2) is 64.4 Å². The number of ether oxygens (including phenoxy) is 5. The molecule has 58 heavy (non-hydrogen) atoms. The first kappa shape index (κ1) is 42.9. The topological polar surface area (TPSA) is 192 Å². The van der Waals surface area contributed by atoms with E-state index in [0.29, 0.717) is 33.6 Å². The van der Waals surface area contributed by atoms with E-state index in [-0.39, 0.29) is 72.2 Å². The number of aromatic hydroxyl groups is 1. The van der Waals surface area contributed by atoms with Gasteiger partial charge in [-0.3, -0.25) is 4.79 Å². The van der Waals surface area contributed by atoms with Crippen molar-refractivity contribution in [3.05, 3.63) is 126 Å². The van der Waals surface area contributed by atoms with Gasteiger partial charge in [0.05, 0.1) is 18.2 Å². The van der Waals surface area contributed by atoms with Gasteiger partial charge < -0.3 is 39.0 Å². The number of hydrogen-bond acceptors (Lipinski definition) is 12. The van der Waals surface area contributed by atoms with Crippen molar-refractivity contribution in [2.75, 3.05) is 7.11 Å². The highest BCUT2D eigenvalue weighted by molar-refractivity contribution is 9.10. The SMILES string of the molecule is COC1=CC(=O)C=C(C)[C@]1(O)C(=O)Oc1c(C)c(C)c(C(=O)Oc2cc(C)c(C(=O)Oc3c(C)c(C)c(C(=O)O)c(C)c3Oc3ccccc3)c(C)c2C)c(O)c1Br. The van der Waals surface area contributed by atoms with Gasteiger partial charge >= 0.3 is 23.9 Å². The van der Waals surface area contributed by atoms with Crippen LogP contribution in [-0.2, 0) is 14.3 Å². The number of halogens is 1. The number of methoxy groups -OCH3 is 1. The zero-order valence-electron chi connectivity index (χ0n) is 33.4. The number of ketones is 1. The number of allylic oxidation sites excluding steroid dienone is 2. The molecule has 0 aliphatic heterocycles. The summed E-state index contributed by atoms with van der Waals surface area (Å²) in [4.78, 5) is 65.5. The fourth-order valence-corrected chi connectivity index (χ4v) is 7.31. The first-order valence-corrected chi connectivity index (χ1v) is 18.6. The zero-order valence-corrected chi connectivity index (χ0v) is 35.0. The molecular weight excluding hydrogens is 816 g/mol. The van der Waals surface area contributed by atoms with Crippen LogP contribution in [0.1, 0.15) is 82.5 Å². The van der Waals surface area contributed by atoms with Gasteiger partial charge in [0, 0.05) is 11.6 Å². The lowest BCUT2D eigenvalue weighted by Crippen LogP contribution is -2.47. The maximum atomic E-state index is 14.0. The van der Waals surface area contributed by atoms with Crippen molar-refractivity contribution in [3.8, 4) is 34.5 Å². The van der Waals surface area contributed by atoms with Crippen LogP contribution in [0.25, 0.3) is 0 Å². The fraction of sp³-hybridized carbons (Fsp3) is 0.250. The molecule has 0 fully saturated rings. The molecule has 0 spiro atoms. The molecule has 0 radical (unpaired) electrons. The molecule has 5 rings (SSSR count). The molecule has 13 nitrogen and oxygen atoms in total. The number of rotatable bonds is 10. The maximum absolute atomic E-state index is 14.0. The minimum atomic E-state index is -2.44. The summed E-state index contributed by atoms with van der Waals surface area (Å²) in [6, 6.07) is 10.1. The molecule has 0 amide bonds. The summed E-state index contributed by atoms with van der Waals surface area (Å²) in [7, 11) is 1.18. The minimum Gasteiger partial charge on any atom is -0.506 e. The average Bonchev–Trinajstić information content (AvgIpc) is 3.16. The Morgan fingerprint density at radius 2 is 1.24 bits per heavy atom. The lowest BCUT2D eigenvalue weighted by atomic mass is 9.87. The average molecular weight is 858 g/mol. The highest BCUT2D eigenvalue weighted by Crippen LogP contribution is 2.45. The highest BCUT2D eigenvalue weighted by atomic mass is 79.9. The van der Waals surface area contributed by atoms with E-state index in [4.69, 9.17) is 23.7 Å². The van der Waals surface area contributed by atoms with E-state index in [1.807, 2.05) is 0 Å². The molecule has 4 aromatic carbocycles. The van der Waals surface area contributed by atoms with Crippen LogP contribution in [0.3, 0.4) is 0 Å². The van der Waals surface area contributed by atoms with Crippen molar-refractivity contribution in [1.29, 1.82) is 0 Å². The Balaban J connectivity index is 1.47. The zero-order chi connectivity index (χ0) is 43.1. The van der Waals surface area contributed by atoms with Crippen LogP contribution in [0.5, 0.6) is 34.5 Å². The molecule has 14 heteroatoms. The van der Waals surface area contributed by atoms with Gasteiger partial charge in [-0.2, -0.15) is 0 Å². The molecule has 1 atom stereocenters. The molecule has 0 heterocycles. The number of carbonyl (C=O) groups excluding carboxylic acids is 4. The molecule has 302 valence electrons. The smallest absolute Gasteiger partial charge is 0.356 e. The second-order valence-corrected chi connectivity index (χ2v) is 14.7. The van der Waals surface area contributed by atoms with E-state index in [1.165, 1.54) is 33.9 Å². The van der Waals surface area contributed by atoms with Gasteiger partial charge in [-0.05, 0) is 147 Å². The van der Waals surface area contributed by atoms with Crippen LogP contribution < -0.4 is 18.9 Å². The van der Waals surface area contributed by atoms with Crippen LogP contribution in [0, 0.1) is 55.4 Å². The molecule has 1 aliphatic rings. The summed E-state index contributed by atoms with van der Waals surface area (Å²) in [6.07, 6.45) is 2.03. The number of aliphatic hydroxyl groups is 1. The first-order chi connectivity index (χ1) is 27.2.